The minimum Gasteiger partial charge on any atom is -0.532 e. The Kier molecular flexibility index (Phi) is 9.96. The molecule has 30 heavy (non-hydrogen) atoms. The number of hydrogen-bond acceptors (Lipinski definition) is 3. The molecule has 0 unspecified atom stereocenters. The van der Waals surface area contributed by atoms with Crippen molar-refractivity contribution in [2.24, 2.45) is 0 Å². The van der Waals surface area contributed by atoms with Gasteiger partial charge in [-0.25, -0.2) is 9.69 Å². The van der Waals surface area contributed by atoms with Gasteiger partial charge in [-0.2, -0.15) is 0 Å². The lowest BCUT2D eigenvalue weighted by atomic mass is 10.0. The van der Waals surface area contributed by atoms with Gasteiger partial charge >= 0.3 is 6.09 Å². The lowest BCUT2D eigenvalue weighted by Crippen LogP contribution is -2.40. The standard InChI is InChI=1S/C25H41NO3Si/c1-6-8-10-14-18-22(17-9-7-2)24(29-30(3,4)5)26-23(20-28-25(26)27)19-21-15-12-11-13-16-21/h11-13,15-16,23H,6-10,14,17-20H2,1-5H3/b24-22-/t23-/m0/s1. The van der Waals surface area contributed by atoms with Crippen LogP contribution in [0.5, 0.6) is 0 Å². The SMILES string of the molecule is CCCCCC/C(CCCC)=C(\O[Si](C)(C)C)N1C(=O)OC[C@@H]1Cc1ccccc1. The Bertz CT molecular complexity index is 681. The largest absolute Gasteiger partial charge is 0.532 e. The van der Waals surface area contributed by atoms with Gasteiger partial charge in [0.05, 0.1) is 6.04 Å². The normalized spacial score (nSPS) is 17.7. The van der Waals surface area contributed by atoms with Gasteiger partial charge in [-0.3, -0.25) is 0 Å². The lowest BCUT2D eigenvalue weighted by Gasteiger charge is -2.32. The summed E-state index contributed by atoms with van der Waals surface area (Å²) in [6, 6.07) is 10.3. The van der Waals surface area contributed by atoms with Crippen molar-refractivity contribution in [3.63, 3.8) is 0 Å². The van der Waals surface area contributed by atoms with Crippen LogP contribution in [0, 0.1) is 0 Å². The van der Waals surface area contributed by atoms with Crippen molar-refractivity contribution in [3.8, 4) is 0 Å². The van der Waals surface area contributed by atoms with E-state index in [1.165, 1.54) is 30.4 Å². The first-order valence-corrected chi connectivity index (χ1v) is 15.2. The fourth-order valence-electron chi connectivity index (χ4n) is 3.82. The van der Waals surface area contributed by atoms with E-state index < -0.39 is 8.32 Å². The van der Waals surface area contributed by atoms with E-state index in [-0.39, 0.29) is 12.1 Å². The molecule has 1 saturated heterocycles. The Morgan fingerprint density at radius 3 is 2.33 bits per heavy atom. The van der Waals surface area contributed by atoms with Crippen molar-refractivity contribution < 1.29 is 14.0 Å². The predicted octanol–water partition coefficient (Wildman–Crippen LogP) is 7.27. The number of carbonyl (C=O) groups excluding carboxylic acids is 1. The number of carbonyl (C=O) groups is 1. The lowest BCUT2D eigenvalue weighted by molar-refractivity contribution is 0.150. The Morgan fingerprint density at radius 2 is 1.70 bits per heavy atom. The molecule has 2 rings (SSSR count). The Morgan fingerprint density at radius 1 is 1.03 bits per heavy atom. The summed E-state index contributed by atoms with van der Waals surface area (Å²) in [5.74, 6) is 0.808. The van der Waals surface area contributed by atoms with Crippen LogP contribution < -0.4 is 0 Å². The van der Waals surface area contributed by atoms with E-state index in [9.17, 15) is 4.79 Å². The topological polar surface area (TPSA) is 38.8 Å². The molecule has 1 heterocycles. The fraction of sp³-hybridized carbons (Fsp3) is 0.640. The monoisotopic (exact) mass is 431 g/mol. The summed E-state index contributed by atoms with van der Waals surface area (Å²) >= 11 is 0. The summed E-state index contributed by atoms with van der Waals surface area (Å²) in [4.78, 5) is 14.7. The number of nitrogens with zero attached hydrogens (tertiary/aromatic N) is 1. The van der Waals surface area contributed by atoms with E-state index >= 15 is 0 Å². The third kappa shape index (κ3) is 7.82. The predicted molar refractivity (Wildman–Crippen MR) is 127 cm³/mol. The summed E-state index contributed by atoms with van der Waals surface area (Å²) in [6.07, 6.45) is 9.63. The van der Waals surface area contributed by atoms with Gasteiger partial charge in [0.15, 0.2) is 5.88 Å². The van der Waals surface area contributed by atoms with Crippen molar-refractivity contribution in [2.45, 2.75) is 97.3 Å². The van der Waals surface area contributed by atoms with Gasteiger partial charge in [-0.15, -0.1) is 0 Å². The van der Waals surface area contributed by atoms with Crippen LogP contribution in [0.3, 0.4) is 0 Å². The van der Waals surface area contributed by atoms with Gasteiger partial charge in [0.2, 0.25) is 8.32 Å². The summed E-state index contributed by atoms with van der Waals surface area (Å²) in [5, 5.41) is 0. The molecule has 0 aromatic heterocycles. The molecule has 1 fully saturated rings. The molecule has 0 radical (unpaired) electrons. The van der Waals surface area contributed by atoms with Crippen LogP contribution in [0.1, 0.15) is 70.8 Å². The molecule has 0 bridgehead atoms. The van der Waals surface area contributed by atoms with Crippen molar-refractivity contribution in [3.05, 3.63) is 47.4 Å². The van der Waals surface area contributed by atoms with Crippen LogP contribution in [0.25, 0.3) is 0 Å². The number of hydrogen-bond donors (Lipinski definition) is 0. The first kappa shape index (κ1) is 24.5. The number of unbranched alkanes of at least 4 members (excludes halogenated alkanes) is 4. The van der Waals surface area contributed by atoms with E-state index in [2.05, 4.69) is 45.6 Å². The zero-order valence-electron chi connectivity index (χ0n) is 19.7. The van der Waals surface area contributed by atoms with Crippen LogP contribution >= 0.6 is 0 Å². The quantitative estimate of drug-likeness (QED) is 0.187. The molecule has 1 aliphatic heterocycles. The summed E-state index contributed by atoms with van der Waals surface area (Å²) < 4.78 is 12.2. The number of amides is 1. The maximum Gasteiger partial charge on any atom is 0.417 e. The smallest absolute Gasteiger partial charge is 0.417 e. The van der Waals surface area contributed by atoms with Crippen molar-refractivity contribution in [2.75, 3.05) is 6.61 Å². The summed E-state index contributed by atoms with van der Waals surface area (Å²) in [6.45, 7) is 11.4. The number of ether oxygens (including phenoxy) is 1. The Labute approximate surface area is 184 Å². The van der Waals surface area contributed by atoms with E-state index in [0.717, 1.165) is 44.4 Å². The average molecular weight is 432 g/mol. The highest BCUT2D eigenvalue weighted by Gasteiger charge is 2.39. The van der Waals surface area contributed by atoms with Crippen LogP contribution in [-0.2, 0) is 15.6 Å². The zero-order valence-corrected chi connectivity index (χ0v) is 20.7. The van der Waals surface area contributed by atoms with Gasteiger partial charge in [-0.1, -0.05) is 69.9 Å². The molecule has 1 aliphatic rings. The second-order valence-electron chi connectivity index (χ2n) is 9.33. The molecular weight excluding hydrogens is 390 g/mol. The van der Waals surface area contributed by atoms with Gasteiger partial charge in [0, 0.05) is 0 Å². The zero-order chi connectivity index (χ0) is 22.0. The molecule has 1 amide bonds. The van der Waals surface area contributed by atoms with Crippen LogP contribution in [0.4, 0.5) is 4.79 Å². The highest BCUT2D eigenvalue weighted by molar-refractivity contribution is 6.70. The molecule has 0 spiro atoms. The van der Waals surface area contributed by atoms with Crippen LogP contribution in [-0.4, -0.2) is 32.0 Å². The first-order chi connectivity index (χ1) is 14.4. The van der Waals surface area contributed by atoms with Crippen LogP contribution in [0.2, 0.25) is 19.6 Å². The second-order valence-corrected chi connectivity index (χ2v) is 13.8. The molecule has 1 atom stereocenters. The van der Waals surface area contributed by atoms with Crippen molar-refractivity contribution in [1.82, 2.24) is 4.90 Å². The Balaban J connectivity index is 2.35. The second kappa shape index (κ2) is 12.2. The summed E-state index contributed by atoms with van der Waals surface area (Å²) in [7, 11) is -1.90. The maximum absolute atomic E-state index is 12.9. The van der Waals surface area contributed by atoms with E-state index in [1.54, 1.807) is 0 Å². The van der Waals surface area contributed by atoms with Crippen LogP contribution in [0.15, 0.2) is 41.8 Å². The number of rotatable bonds is 13. The number of allylic oxidation sites excluding steroid dienone is 1. The molecular formula is C25H41NO3Si. The number of cyclic esters (lactones) is 1. The highest BCUT2D eigenvalue weighted by Crippen LogP contribution is 2.31. The van der Waals surface area contributed by atoms with E-state index in [0.29, 0.717) is 6.61 Å². The van der Waals surface area contributed by atoms with Gasteiger partial charge < -0.3 is 9.16 Å². The maximum atomic E-state index is 12.9. The fourth-order valence-corrected chi connectivity index (χ4v) is 4.64. The van der Waals surface area contributed by atoms with Gasteiger partial charge in [0.1, 0.15) is 6.61 Å². The van der Waals surface area contributed by atoms with E-state index in [4.69, 9.17) is 9.16 Å². The molecule has 0 aliphatic carbocycles. The molecule has 5 heteroatoms. The van der Waals surface area contributed by atoms with Crippen molar-refractivity contribution in [1.29, 1.82) is 0 Å². The molecule has 1 aromatic carbocycles. The molecule has 168 valence electrons. The minimum absolute atomic E-state index is 0.0153. The first-order valence-electron chi connectivity index (χ1n) is 11.8. The molecule has 1 aromatic rings. The molecule has 4 nitrogen and oxygen atoms in total. The highest BCUT2D eigenvalue weighted by atomic mass is 28.4. The Hall–Kier alpha value is -1.75. The van der Waals surface area contributed by atoms with Gasteiger partial charge in [0.25, 0.3) is 0 Å². The number of benzene rings is 1. The van der Waals surface area contributed by atoms with Crippen molar-refractivity contribution >= 4 is 14.4 Å². The van der Waals surface area contributed by atoms with Gasteiger partial charge in [-0.05, 0) is 62.9 Å². The molecule has 0 saturated carbocycles. The molecule has 0 N–H and O–H groups in total. The third-order valence-corrected chi connectivity index (χ3v) is 6.17. The average Bonchev–Trinajstić information content (AvgIpc) is 3.06. The minimum atomic E-state index is -1.90. The summed E-state index contributed by atoms with van der Waals surface area (Å²) in [5.41, 5.74) is 2.52. The third-order valence-electron chi connectivity index (χ3n) is 5.36. The van der Waals surface area contributed by atoms with E-state index in [1.807, 2.05) is 23.1 Å².